The quantitative estimate of drug-likeness (QED) is 0.464. The second-order valence-electron chi connectivity index (χ2n) is 6.50. The number of hydrogen-bond donors (Lipinski definition) is 2. The van der Waals surface area contributed by atoms with Crippen molar-refractivity contribution < 1.29 is 4.42 Å². The predicted octanol–water partition coefficient (Wildman–Crippen LogP) is 4.91. The second-order valence-corrected chi connectivity index (χ2v) is 6.50. The van der Waals surface area contributed by atoms with E-state index in [1.807, 2.05) is 61.2 Å². The SMILES string of the molecule is c1cc2[nH]c(-c3cc4oc(-c5cnc6cc[nH]c6c5)cc4cn3)cc2cn1. The molecule has 6 nitrogen and oxygen atoms in total. The third-order valence-electron chi connectivity index (χ3n) is 4.78. The summed E-state index contributed by atoms with van der Waals surface area (Å²) in [6, 6.07) is 11.9. The summed E-state index contributed by atoms with van der Waals surface area (Å²) < 4.78 is 6.10. The molecule has 0 aliphatic rings. The van der Waals surface area contributed by atoms with E-state index in [9.17, 15) is 0 Å². The Morgan fingerprint density at radius 3 is 2.81 bits per heavy atom. The Bertz CT molecular complexity index is 1410. The standard InChI is InChI=1S/C21H13N5O/c1-3-22-9-12-5-19(26-15(1)12)18-8-21-14(11-25-18)7-20(27-21)13-6-17-16(24-10-13)2-4-23-17/h1-11,23,26H. The van der Waals surface area contributed by atoms with E-state index in [0.29, 0.717) is 0 Å². The van der Waals surface area contributed by atoms with E-state index in [4.69, 9.17) is 4.42 Å². The van der Waals surface area contributed by atoms with Crippen molar-refractivity contribution in [1.29, 1.82) is 0 Å². The maximum Gasteiger partial charge on any atom is 0.138 e. The lowest BCUT2D eigenvalue weighted by atomic mass is 10.2. The summed E-state index contributed by atoms with van der Waals surface area (Å²) >= 11 is 0. The van der Waals surface area contributed by atoms with Crippen molar-refractivity contribution in [2.45, 2.75) is 0 Å². The van der Waals surface area contributed by atoms with Crippen LogP contribution in [0.5, 0.6) is 0 Å². The Labute approximate surface area is 152 Å². The largest absolute Gasteiger partial charge is 0.456 e. The van der Waals surface area contributed by atoms with Gasteiger partial charge in [0.15, 0.2) is 0 Å². The smallest absolute Gasteiger partial charge is 0.138 e. The first-order valence-corrected chi connectivity index (χ1v) is 8.60. The first kappa shape index (κ1) is 14.3. The van der Waals surface area contributed by atoms with Crippen LogP contribution in [0.4, 0.5) is 0 Å². The molecular formula is C21H13N5O. The highest BCUT2D eigenvalue weighted by Crippen LogP contribution is 2.31. The van der Waals surface area contributed by atoms with Crippen LogP contribution in [0, 0.1) is 0 Å². The van der Waals surface area contributed by atoms with Gasteiger partial charge in [0.1, 0.15) is 11.3 Å². The highest BCUT2D eigenvalue weighted by Gasteiger charge is 2.11. The van der Waals surface area contributed by atoms with Crippen LogP contribution < -0.4 is 0 Å². The fourth-order valence-electron chi connectivity index (χ4n) is 3.40. The lowest BCUT2D eigenvalue weighted by Gasteiger charge is -1.97. The molecule has 0 amide bonds. The number of aromatic amines is 2. The molecule has 6 aromatic rings. The lowest BCUT2D eigenvalue weighted by Crippen LogP contribution is -1.81. The number of pyridine rings is 3. The van der Waals surface area contributed by atoms with Gasteiger partial charge in [-0.05, 0) is 30.3 Å². The van der Waals surface area contributed by atoms with Crippen molar-refractivity contribution in [2.24, 2.45) is 0 Å². The van der Waals surface area contributed by atoms with E-state index in [-0.39, 0.29) is 0 Å². The number of fused-ring (bicyclic) bond motifs is 3. The average Bonchev–Trinajstić information content (AvgIpc) is 3.42. The van der Waals surface area contributed by atoms with Crippen molar-refractivity contribution in [3.05, 3.63) is 67.4 Å². The number of hydrogen-bond acceptors (Lipinski definition) is 4. The zero-order valence-electron chi connectivity index (χ0n) is 14.1. The maximum atomic E-state index is 6.10. The van der Waals surface area contributed by atoms with Gasteiger partial charge in [0.2, 0.25) is 0 Å². The Kier molecular flexibility index (Phi) is 2.79. The molecule has 0 bridgehead atoms. The first-order chi connectivity index (χ1) is 13.3. The summed E-state index contributed by atoms with van der Waals surface area (Å²) in [5.41, 5.74) is 6.44. The van der Waals surface area contributed by atoms with Crippen LogP contribution in [0.15, 0.2) is 71.8 Å². The summed E-state index contributed by atoms with van der Waals surface area (Å²) in [4.78, 5) is 19.8. The van der Waals surface area contributed by atoms with Crippen LogP contribution in [0.2, 0.25) is 0 Å². The Hall–Kier alpha value is -3.93. The summed E-state index contributed by atoms with van der Waals surface area (Å²) in [5.74, 6) is 0.772. The van der Waals surface area contributed by atoms with Gasteiger partial charge in [-0.2, -0.15) is 0 Å². The molecule has 6 heteroatoms. The molecule has 0 aliphatic carbocycles. The van der Waals surface area contributed by atoms with Gasteiger partial charge in [-0.1, -0.05) is 0 Å². The van der Waals surface area contributed by atoms with Crippen molar-refractivity contribution >= 4 is 32.9 Å². The highest BCUT2D eigenvalue weighted by molar-refractivity contribution is 5.89. The van der Waals surface area contributed by atoms with E-state index in [0.717, 1.165) is 55.6 Å². The molecule has 0 radical (unpaired) electrons. The molecule has 2 N–H and O–H groups in total. The van der Waals surface area contributed by atoms with Crippen molar-refractivity contribution in [3.63, 3.8) is 0 Å². The molecule has 0 unspecified atom stereocenters. The molecule has 6 rings (SSSR count). The molecule has 6 heterocycles. The topological polar surface area (TPSA) is 83.4 Å². The van der Waals surface area contributed by atoms with E-state index in [2.05, 4.69) is 24.9 Å². The normalized spacial score (nSPS) is 11.7. The molecule has 6 aromatic heterocycles. The predicted molar refractivity (Wildman–Crippen MR) is 104 cm³/mol. The molecule has 0 atom stereocenters. The molecule has 128 valence electrons. The molecule has 0 saturated heterocycles. The fraction of sp³-hybridized carbons (Fsp3) is 0. The van der Waals surface area contributed by atoms with Gasteiger partial charge >= 0.3 is 0 Å². The maximum absolute atomic E-state index is 6.10. The minimum atomic E-state index is 0.772. The summed E-state index contributed by atoms with van der Waals surface area (Å²) in [7, 11) is 0. The number of H-pyrrole nitrogens is 2. The van der Waals surface area contributed by atoms with Crippen molar-refractivity contribution in [2.75, 3.05) is 0 Å². The zero-order chi connectivity index (χ0) is 17.8. The zero-order valence-corrected chi connectivity index (χ0v) is 14.1. The average molecular weight is 351 g/mol. The molecule has 0 spiro atoms. The molecule has 0 aliphatic heterocycles. The number of rotatable bonds is 2. The van der Waals surface area contributed by atoms with Crippen LogP contribution in [0.25, 0.3) is 55.6 Å². The monoisotopic (exact) mass is 351 g/mol. The number of nitrogens with zero attached hydrogens (tertiary/aromatic N) is 3. The van der Waals surface area contributed by atoms with E-state index in [1.165, 1.54) is 0 Å². The Balaban J connectivity index is 1.46. The Morgan fingerprint density at radius 1 is 0.852 bits per heavy atom. The van der Waals surface area contributed by atoms with Gasteiger partial charge in [-0.15, -0.1) is 0 Å². The summed E-state index contributed by atoms with van der Waals surface area (Å²) in [5, 5.41) is 2.01. The lowest BCUT2D eigenvalue weighted by molar-refractivity contribution is 0.631. The van der Waals surface area contributed by atoms with Crippen LogP contribution >= 0.6 is 0 Å². The van der Waals surface area contributed by atoms with Gasteiger partial charge in [0, 0.05) is 58.9 Å². The fourth-order valence-corrected chi connectivity index (χ4v) is 3.40. The van der Waals surface area contributed by atoms with Crippen molar-refractivity contribution in [1.82, 2.24) is 24.9 Å². The van der Waals surface area contributed by atoms with Crippen LogP contribution in [-0.4, -0.2) is 24.9 Å². The van der Waals surface area contributed by atoms with Gasteiger partial charge in [0.05, 0.1) is 22.4 Å². The number of furan rings is 1. The molecule has 0 aromatic carbocycles. The van der Waals surface area contributed by atoms with Crippen LogP contribution in [0.1, 0.15) is 0 Å². The number of aromatic nitrogens is 5. The third-order valence-corrected chi connectivity index (χ3v) is 4.78. The number of nitrogens with one attached hydrogen (secondary N) is 2. The van der Waals surface area contributed by atoms with Gasteiger partial charge in [-0.25, -0.2) is 0 Å². The van der Waals surface area contributed by atoms with Gasteiger partial charge in [0.25, 0.3) is 0 Å². The van der Waals surface area contributed by atoms with Crippen LogP contribution in [0.3, 0.4) is 0 Å². The van der Waals surface area contributed by atoms with Gasteiger partial charge < -0.3 is 14.4 Å². The van der Waals surface area contributed by atoms with Crippen molar-refractivity contribution in [3.8, 4) is 22.7 Å². The minimum absolute atomic E-state index is 0.772. The highest BCUT2D eigenvalue weighted by atomic mass is 16.3. The Morgan fingerprint density at radius 2 is 1.85 bits per heavy atom. The van der Waals surface area contributed by atoms with E-state index < -0.39 is 0 Å². The van der Waals surface area contributed by atoms with Gasteiger partial charge in [-0.3, -0.25) is 15.0 Å². The third kappa shape index (κ3) is 2.23. The second kappa shape index (κ2) is 5.28. The van der Waals surface area contributed by atoms with Crippen LogP contribution in [-0.2, 0) is 0 Å². The molecule has 0 saturated carbocycles. The van der Waals surface area contributed by atoms with E-state index >= 15 is 0 Å². The molecular weight excluding hydrogens is 338 g/mol. The van der Waals surface area contributed by atoms with E-state index in [1.54, 1.807) is 6.20 Å². The summed E-state index contributed by atoms with van der Waals surface area (Å²) in [6.07, 6.45) is 9.15. The summed E-state index contributed by atoms with van der Waals surface area (Å²) in [6.45, 7) is 0. The molecule has 0 fully saturated rings. The minimum Gasteiger partial charge on any atom is -0.456 e. The first-order valence-electron chi connectivity index (χ1n) is 8.60. The molecule has 27 heavy (non-hydrogen) atoms.